The second-order valence-electron chi connectivity index (χ2n) is 4.57. The van der Waals surface area contributed by atoms with E-state index in [1.54, 1.807) is 14.2 Å². The summed E-state index contributed by atoms with van der Waals surface area (Å²) in [6.45, 7) is 3.32. The average Bonchev–Trinajstić information content (AvgIpc) is 2.88. The highest BCUT2D eigenvalue weighted by atomic mass is 16.5. The van der Waals surface area contributed by atoms with Crippen LogP contribution in [0.15, 0.2) is 18.2 Å². The normalized spacial score (nSPS) is 23.7. The fourth-order valence-electron chi connectivity index (χ4n) is 2.64. The van der Waals surface area contributed by atoms with Crippen molar-refractivity contribution >= 4 is 0 Å². The maximum Gasteiger partial charge on any atom is 0.122 e. The molecule has 2 rings (SSSR count). The molecule has 94 valence electrons. The smallest absolute Gasteiger partial charge is 0.122 e. The Bertz CT molecular complexity index is 362. The van der Waals surface area contributed by atoms with Crippen LogP contribution in [0.3, 0.4) is 0 Å². The van der Waals surface area contributed by atoms with Crippen LogP contribution in [0.2, 0.25) is 0 Å². The van der Waals surface area contributed by atoms with E-state index in [1.807, 2.05) is 6.07 Å². The molecule has 17 heavy (non-hydrogen) atoms. The third kappa shape index (κ3) is 2.25. The Hall–Kier alpha value is -1.22. The third-order valence-corrected chi connectivity index (χ3v) is 3.75. The summed E-state index contributed by atoms with van der Waals surface area (Å²) in [6, 6.07) is 6.15. The average molecular weight is 235 g/mol. The summed E-state index contributed by atoms with van der Waals surface area (Å²) in [5.41, 5.74) is 1.37. The molecule has 0 bridgehead atoms. The molecule has 1 unspecified atom stereocenters. The Morgan fingerprint density at radius 2 is 1.82 bits per heavy atom. The van der Waals surface area contributed by atoms with E-state index in [4.69, 9.17) is 9.47 Å². The largest absolute Gasteiger partial charge is 0.497 e. The van der Waals surface area contributed by atoms with Gasteiger partial charge in [0, 0.05) is 11.6 Å². The molecule has 1 aromatic rings. The van der Waals surface area contributed by atoms with Crippen LogP contribution >= 0.6 is 0 Å². The summed E-state index contributed by atoms with van der Waals surface area (Å²) < 4.78 is 10.7. The van der Waals surface area contributed by atoms with Crippen LogP contribution in [0.1, 0.15) is 31.7 Å². The number of methoxy groups -OCH3 is 2. The Balaban J connectivity index is 2.42. The van der Waals surface area contributed by atoms with E-state index < -0.39 is 0 Å². The fraction of sp³-hybridized carbons (Fsp3) is 0.571. The van der Waals surface area contributed by atoms with E-state index in [2.05, 4.69) is 24.4 Å². The molecule has 0 radical (unpaired) electrons. The highest BCUT2D eigenvalue weighted by Gasteiger charge is 2.33. The van der Waals surface area contributed by atoms with Gasteiger partial charge in [0.2, 0.25) is 0 Å². The lowest BCUT2D eigenvalue weighted by atomic mass is 9.85. The van der Waals surface area contributed by atoms with Gasteiger partial charge in [0.15, 0.2) is 0 Å². The standard InChI is InChI=1S/C14H21NO2/c1-4-14(6-5-7-15-14)11-8-12(16-2)10-13(9-11)17-3/h8-10,15H,4-7H2,1-3H3. The van der Waals surface area contributed by atoms with Crippen LogP contribution in [0, 0.1) is 0 Å². The van der Waals surface area contributed by atoms with E-state index >= 15 is 0 Å². The Kier molecular flexibility index (Phi) is 3.57. The topological polar surface area (TPSA) is 30.5 Å². The van der Waals surface area contributed by atoms with Gasteiger partial charge in [-0.1, -0.05) is 6.92 Å². The predicted octanol–water partition coefficient (Wildman–Crippen LogP) is 2.69. The Morgan fingerprint density at radius 3 is 2.24 bits per heavy atom. The molecule has 0 spiro atoms. The van der Waals surface area contributed by atoms with Crippen molar-refractivity contribution in [3.8, 4) is 11.5 Å². The first-order valence-corrected chi connectivity index (χ1v) is 6.22. The Labute approximate surface area is 103 Å². The molecular weight excluding hydrogens is 214 g/mol. The van der Waals surface area contributed by atoms with E-state index in [0.29, 0.717) is 0 Å². The van der Waals surface area contributed by atoms with Crippen molar-refractivity contribution in [1.82, 2.24) is 5.32 Å². The molecule has 0 saturated carbocycles. The third-order valence-electron chi connectivity index (χ3n) is 3.75. The molecule has 3 heteroatoms. The first kappa shape index (κ1) is 12.2. The lowest BCUT2D eigenvalue weighted by Crippen LogP contribution is -2.35. The zero-order valence-corrected chi connectivity index (χ0v) is 10.9. The van der Waals surface area contributed by atoms with Gasteiger partial charge in [-0.25, -0.2) is 0 Å². The second-order valence-corrected chi connectivity index (χ2v) is 4.57. The minimum atomic E-state index is 0.0990. The van der Waals surface area contributed by atoms with Crippen LogP contribution in [-0.2, 0) is 5.54 Å². The summed E-state index contributed by atoms with van der Waals surface area (Å²) >= 11 is 0. The van der Waals surface area contributed by atoms with Crippen LogP contribution in [0.4, 0.5) is 0 Å². The van der Waals surface area contributed by atoms with E-state index in [1.165, 1.54) is 18.4 Å². The van der Waals surface area contributed by atoms with Crippen molar-refractivity contribution in [3.05, 3.63) is 23.8 Å². The van der Waals surface area contributed by atoms with E-state index in [0.717, 1.165) is 24.5 Å². The fourth-order valence-corrected chi connectivity index (χ4v) is 2.64. The highest BCUT2D eigenvalue weighted by molar-refractivity contribution is 5.42. The highest BCUT2D eigenvalue weighted by Crippen LogP contribution is 2.37. The number of rotatable bonds is 4. The zero-order chi connectivity index (χ0) is 12.3. The van der Waals surface area contributed by atoms with Gasteiger partial charge in [-0.05, 0) is 43.5 Å². The molecule has 1 saturated heterocycles. The number of ether oxygens (including phenoxy) is 2. The molecule has 0 aliphatic carbocycles. The van der Waals surface area contributed by atoms with E-state index in [9.17, 15) is 0 Å². The monoisotopic (exact) mass is 235 g/mol. The van der Waals surface area contributed by atoms with Gasteiger partial charge in [-0.3, -0.25) is 0 Å². The molecular formula is C14H21NO2. The van der Waals surface area contributed by atoms with Crippen LogP contribution < -0.4 is 14.8 Å². The molecule has 1 heterocycles. The summed E-state index contributed by atoms with van der Waals surface area (Å²) in [6.07, 6.45) is 3.50. The Morgan fingerprint density at radius 1 is 1.18 bits per heavy atom. The number of benzene rings is 1. The summed E-state index contributed by atoms with van der Waals surface area (Å²) in [7, 11) is 3.39. The molecule has 0 amide bonds. The first-order chi connectivity index (χ1) is 8.24. The number of hydrogen-bond acceptors (Lipinski definition) is 3. The molecule has 1 aliphatic rings. The zero-order valence-electron chi connectivity index (χ0n) is 10.9. The number of hydrogen-bond donors (Lipinski definition) is 1. The van der Waals surface area contributed by atoms with Gasteiger partial charge in [0.05, 0.1) is 14.2 Å². The van der Waals surface area contributed by atoms with Gasteiger partial charge in [0.1, 0.15) is 11.5 Å². The maximum atomic E-state index is 5.34. The van der Waals surface area contributed by atoms with Crippen molar-refractivity contribution in [3.63, 3.8) is 0 Å². The van der Waals surface area contributed by atoms with Gasteiger partial charge >= 0.3 is 0 Å². The van der Waals surface area contributed by atoms with Gasteiger partial charge in [-0.15, -0.1) is 0 Å². The lowest BCUT2D eigenvalue weighted by Gasteiger charge is -2.29. The predicted molar refractivity (Wildman–Crippen MR) is 68.8 cm³/mol. The molecule has 1 aromatic carbocycles. The van der Waals surface area contributed by atoms with Crippen molar-refractivity contribution in [2.75, 3.05) is 20.8 Å². The summed E-state index contributed by atoms with van der Waals surface area (Å²) in [4.78, 5) is 0. The first-order valence-electron chi connectivity index (χ1n) is 6.22. The summed E-state index contributed by atoms with van der Waals surface area (Å²) in [5.74, 6) is 1.72. The second kappa shape index (κ2) is 4.96. The van der Waals surface area contributed by atoms with Crippen LogP contribution in [-0.4, -0.2) is 20.8 Å². The molecule has 0 aromatic heterocycles. The van der Waals surface area contributed by atoms with Crippen LogP contribution in [0.5, 0.6) is 11.5 Å². The van der Waals surface area contributed by atoms with E-state index in [-0.39, 0.29) is 5.54 Å². The van der Waals surface area contributed by atoms with Gasteiger partial charge in [0.25, 0.3) is 0 Å². The van der Waals surface area contributed by atoms with Crippen molar-refractivity contribution in [2.45, 2.75) is 31.7 Å². The lowest BCUT2D eigenvalue weighted by molar-refractivity contribution is 0.360. The van der Waals surface area contributed by atoms with Crippen molar-refractivity contribution in [1.29, 1.82) is 0 Å². The molecule has 1 N–H and O–H groups in total. The quantitative estimate of drug-likeness (QED) is 0.870. The minimum absolute atomic E-state index is 0.0990. The van der Waals surface area contributed by atoms with Gasteiger partial charge in [-0.2, -0.15) is 0 Å². The van der Waals surface area contributed by atoms with Crippen molar-refractivity contribution in [2.24, 2.45) is 0 Å². The van der Waals surface area contributed by atoms with Gasteiger partial charge < -0.3 is 14.8 Å². The molecule has 1 aliphatic heterocycles. The summed E-state index contributed by atoms with van der Waals surface area (Å²) in [5, 5.41) is 3.63. The molecule has 1 atom stereocenters. The maximum absolute atomic E-state index is 5.34. The molecule has 3 nitrogen and oxygen atoms in total. The number of nitrogens with one attached hydrogen (secondary N) is 1. The minimum Gasteiger partial charge on any atom is -0.497 e. The van der Waals surface area contributed by atoms with Crippen LogP contribution in [0.25, 0.3) is 0 Å². The van der Waals surface area contributed by atoms with Crippen molar-refractivity contribution < 1.29 is 9.47 Å². The molecule has 1 fully saturated rings. The SMILES string of the molecule is CCC1(c2cc(OC)cc(OC)c2)CCCN1.